The minimum Gasteiger partial charge on any atom is -0.492 e. The molecule has 0 aliphatic rings. The van der Waals surface area contributed by atoms with Crippen molar-refractivity contribution in [2.24, 2.45) is 0 Å². The van der Waals surface area contributed by atoms with Gasteiger partial charge in [-0.3, -0.25) is 30.6 Å². The molecule has 8 nitrogen and oxygen atoms in total. The predicted molar refractivity (Wildman–Crippen MR) is 112 cm³/mol. The van der Waals surface area contributed by atoms with Crippen LogP contribution in [0.4, 0.5) is 5.69 Å². The first-order chi connectivity index (χ1) is 13.9. The second-order valence-electron chi connectivity index (χ2n) is 6.27. The molecule has 2 aromatic carbocycles. The van der Waals surface area contributed by atoms with Gasteiger partial charge in [0.2, 0.25) is 0 Å². The zero-order valence-electron chi connectivity index (χ0n) is 15.9. The van der Waals surface area contributed by atoms with Gasteiger partial charge in [0.25, 0.3) is 17.5 Å². The minimum absolute atomic E-state index is 0.0625. The fourth-order valence-electron chi connectivity index (χ4n) is 2.49. The lowest BCUT2D eigenvalue weighted by Gasteiger charge is -2.11. The van der Waals surface area contributed by atoms with Crippen LogP contribution in [-0.4, -0.2) is 23.3 Å². The van der Waals surface area contributed by atoms with E-state index in [9.17, 15) is 19.7 Å². The Kier molecular flexibility index (Phi) is 8.60. The maximum atomic E-state index is 12.3. The third kappa shape index (κ3) is 6.86. The van der Waals surface area contributed by atoms with Crippen LogP contribution in [0.2, 0.25) is 0 Å². The van der Waals surface area contributed by atoms with Crippen LogP contribution in [0.5, 0.6) is 5.75 Å². The second-order valence-corrected chi connectivity index (χ2v) is 7.12. The maximum Gasteiger partial charge on any atom is 0.270 e. The molecular weight excluding hydrogens is 442 g/mol. The summed E-state index contributed by atoms with van der Waals surface area (Å²) in [6.07, 6.45) is 4.40. The van der Waals surface area contributed by atoms with E-state index in [4.69, 9.17) is 4.74 Å². The van der Waals surface area contributed by atoms with Gasteiger partial charge in [0, 0.05) is 23.3 Å². The first-order valence-electron chi connectivity index (χ1n) is 9.20. The standard InChI is InChI=1S/C20H22BrN3O5/c1-2-3-4-5-11-29-18-10-9-15(13-17(18)21)20(26)23-22-19(25)14-7-6-8-16(12-14)24(27)28/h6-10,12-13H,2-5,11H2,1H3,(H,22,25)(H,23,26). The Morgan fingerprint density at radius 1 is 1.03 bits per heavy atom. The molecule has 0 unspecified atom stereocenters. The number of hydrogen-bond acceptors (Lipinski definition) is 5. The fraction of sp³-hybridized carbons (Fsp3) is 0.300. The molecule has 0 fully saturated rings. The van der Waals surface area contributed by atoms with E-state index >= 15 is 0 Å². The van der Waals surface area contributed by atoms with Crippen LogP contribution in [0, 0.1) is 10.1 Å². The summed E-state index contributed by atoms with van der Waals surface area (Å²) < 4.78 is 6.33. The maximum absolute atomic E-state index is 12.3. The molecule has 0 radical (unpaired) electrons. The number of nitrogens with zero attached hydrogens (tertiary/aromatic N) is 1. The highest BCUT2D eigenvalue weighted by Gasteiger charge is 2.14. The first-order valence-corrected chi connectivity index (χ1v) is 9.99. The van der Waals surface area contributed by atoms with E-state index in [-0.39, 0.29) is 11.3 Å². The average molecular weight is 464 g/mol. The molecule has 2 rings (SSSR count). The van der Waals surface area contributed by atoms with Crippen molar-refractivity contribution in [1.29, 1.82) is 0 Å². The lowest BCUT2D eigenvalue weighted by atomic mass is 10.2. The first kappa shape index (κ1) is 22.4. The van der Waals surface area contributed by atoms with Gasteiger partial charge in [0.15, 0.2) is 0 Å². The number of benzene rings is 2. The minimum atomic E-state index is -0.659. The number of amides is 2. The Morgan fingerprint density at radius 3 is 2.34 bits per heavy atom. The molecule has 2 aromatic rings. The molecule has 0 aliphatic heterocycles. The number of ether oxygens (including phenoxy) is 1. The van der Waals surface area contributed by atoms with Crippen LogP contribution in [0.25, 0.3) is 0 Å². The molecule has 0 atom stereocenters. The highest BCUT2D eigenvalue weighted by molar-refractivity contribution is 9.10. The summed E-state index contributed by atoms with van der Waals surface area (Å²) in [5, 5.41) is 10.8. The fourth-order valence-corrected chi connectivity index (χ4v) is 2.98. The number of halogens is 1. The molecule has 154 valence electrons. The highest BCUT2D eigenvalue weighted by Crippen LogP contribution is 2.26. The molecule has 2 amide bonds. The molecule has 0 saturated heterocycles. The smallest absolute Gasteiger partial charge is 0.270 e. The van der Waals surface area contributed by atoms with Crippen molar-refractivity contribution in [3.8, 4) is 5.75 Å². The lowest BCUT2D eigenvalue weighted by molar-refractivity contribution is -0.384. The number of hydrazine groups is 1. The van der Waals surface area contributed by atoms with Crippen LogP contribution in [0.3, 0.4) is 0 Å². The molecule has 0 heterocycles. The summed E-state index contributed by atoms with van der Waals surface area (Å²) in [5.41, 5.74) is 4.70. The summed E-state index contributed by atoms with van der Waals surface area (Å²) in [6.45, 7) is 2.75. The summed E-state index contributed by atoms with van der Waals surface area (Å²) in [7, 11) is 0. The Hall–Kier alpha value is -2.94. The molecule has 0 aromatic heterocycles. The van der Waals surface area contributed by atoms with Gasteiger partial charge in [-0.25, -0.2) is 0 Å². The van der Waals surface area contributed by atoms with E-state index in [1.54, 1.807) is 18.2 Å². The van der Waals surface area contributed by atoms with E-state index in [1.165, 1.54) is 24.6 Å². The zero-order valence-corrected chi connectivity index (χ0v) is 17.5. The van der Waals surface area contributed by atoms with Crippen molar-refractivity contribution in [2.75, 3.05) is 6.61 Å². The number of nitro groups is 1. The largest absolute Gasteiger partial charge is 0.492 e. The third-order valence-electron chi connectivity index (χ3n) is 4.06. The van der Waals surface area contributed by atoms with Crippen LogP contribution in [-0.2, 0) is 0 Å². The van der Waals surface area contributed by atoms with Crippen LogP contribution < -0.4 is 15.6 Å². The van der Waals surface area contributed by atoms with Gasteiger partial charge in [0.1, 0.15) is 5.75 Å². The van der Waals surface area contributed by atoms with Gasteiger partial charge in [0.05, 0.1) is 16.0 Å². The highest BCUT2D eigenvalue weighted by atomic mass is 79.9. The number of carbonyl (C=O) groups excluding carboxylic acids is 2. The van der Waals surface area contributed by atoms with E-state index in [2.05, 4.69) is 33.7 Å². The molecule has 29 heavy (non-hydrogen) atoms. The van der Waals surface area contributed by atoms with Crippen molar-refractivity contribution in [3.63, 3.8) is 0 Å². The number of nitrogens with one attached hydrogen (secondary N) is 2. The zero-order chi connectivity index (χ0) is 21.2. The van der Waals surface area contributed by atoms with E-state index in [1.807, 2.05) is 0 Å². The predicted octanol–water partition coefficient (Wildman–Crippen LogP) is 4.39. The van der Waals surface area contributed by atoms with Gasteiger partial charge >= 0.3 is 0 Å². The van der Waals surface area contributed by atoms with E-state index in [0.717, 1.165) is 25.3 Å². The van der Waals surface area contributed by atoms with Gasteiger partial charge in [-0.15, -0.1) is 0 Å². The molecule has 0 bridgehead atoms. The topological polar surface area (TPSA) is 111 Å². The average Bonchev–Trinajstić information content (AvgIpc) is 2.72. The van der Waals surface area contributed by atoms with Crippen molar-refractivity contribution in [3.05, 3.63) is 68.2 Å². The summed E-state index contributed by atoms with van der Waals surface area (Å²) in [4.78, 5) is 34.5. The molecule has 9 heteroatoms. The van der Waals surface area contributed by atoms with Crippen LogP contribution in [0.1, 0.15) is 53.3 Å². The second kappa shape index (κ2) is 11.2. The van der Waals surface area contributed by atoms with Crippen LogP contribution in [0.15, 0.2) is 46.9 Å². The van der Waals surface area contributed by atoms with Gasteiger partial charge in [-0.1, -0.05) is 32.3 Å². The summed E-state index contributed by atoms with van der Waals surface area (Å²) in [5.74, 6) is -0.550. The molecule has 0 aliphatic carbocycles. The molecule has 2 N–H and O–H groups in total. The normalized spacial score (nSPS) is 10.3. The Balaban J connectivity index is 1.90. The molecular formula is C20H22BrN3O5. The SMILES string of the molecule is CCCCCCOc1ccc(C(=O)NNC(=O)c2cccc([N+](=O)[O-])c2)cc1Br. The van der Waals surface area contributed by atoms with Crippen molar-refractivity contribution < 1.29 is 19.2 Å². The van der Waals surface area contributed by atoms with Gasteiger partial charge in [-0.05, 0) is 46.6 Å². The number of hydrogen-bond donors (Lipinski definition) is 2. The summed E-state index contributed by atoms with van der Waals surface area (Å²) >= 11 is 3.38. The Bertz CT molecular complexity index is 888. The van der Waals surface area contributed by atoms with E-state index < -0.39 is 16.7 Å². The Labute approximate surface area is 176 Å². The lowest BCUT2D eigenvalue weighted by Crippen LogP contribution is -2.41. The van der Waals surface area contributed by atoms with Crippen molar-refractivity contribution in [1.82, 2.24) is 10.9 Å². The number of carbonyl (C=O) groups is 2. The number of rotatable bonds is 9. The monoisotopic (exact) mass is 463 g/mol. The third-order valence-corrected chi connectivity index (χ3v) is 4.68. The van der Waals surface area contributed by atoms with Gasteiger partial charge in [-0.2, -0.15) is 0 Å². The number of non-ortho nitro benzene ring substituents is 1. The quantitative estimate of drug-likeness (QED) is 0.325. The number of nitro benzene ring substituents is 1. The Morgan fingerprint density at radius 2 is 1.72 bits per heavy atom. The van der Waals surface area contributed by atoms with Crippen LogP contribution >= 0.6 is 15.9 Å². The van der Waals surface area contributed by atoms with Gasteiger partial charge < -0.3 is 4.74 Å². The molecule has 0 spiro atoms. The molecule has 0 saturated carbocycles. The number of unbranched alkanes of at least 4 members (excludes halogenated alkanes) is 3. The van der Waals surface area contributed by atoms with Crippen molar-refractivity contribution in [2.45, 2.75) is 32.6 Å². The van der Waals surface area contributed by atoms with E-state index in [0.29, 0.717) is 22.4 Å². The summed E-state index contributed by atoms with van der Waals surface area (Å²) in [6, 6.07) is 10.1. The van der Waals surface area contributed by atoms with Crippen molar-refractivity contribution >= 4 is 33.4 Å².